The molecule has 14 heavy (non-hydrogen) atoms. The Bertz CT molecular complexity index is 316. The Morgan fingerprint density at radius 2 is 2.00 bits per heavy atom. The third-order valence-electron chi connectivity index (χ3n) is 1.69. The van der Waals surface area contributed by atoms with E-state index in [9.17, 15) is 5.11 Å². The molecule has 0 aliphatic carbocycles. The Balaban J connectivity index is 2.72. The molecule has 0 spiro atoms. The molecular formula is C11H15IO2. The smallest absolute Gasteiger partial charge is 0.116 e. The van der Waals surface area contributed by atoms with E-state index in [0.717, 1.165) is 9.13 Å². The molecular weight excluding hydrogens is 291 g/mol. The second kappa shape index (κ2) is 4.49. The maximum atomic E-state index is 9.31. The topological polar surface area (TPSA) is 29.5 Å². The van der Waals surface area contributed by atoms with Crippen molar-refractivity contribution < 1.29 is 9.84 Å². The van der Waals surface area contributed by atoms with Gasteiger partial charge in [-0.05, 0) is 67.1 Å². The first-order valence-electron chi connectivity index (χ1n) is 4.50. The van der Waals surface area contributed by atoms with Gasteiger partial charge in [-0.25, -0.2) is 0 Å². The number of hydrogen-bond acceptors (Lipinski definition) is 2. The number of halogens is 1. The lowest BCUT2D eigenvalue weighted by atomic mass is 10.2. The number of aromatic hydroxyl groups is 1. The average Bonchev–Trinajstić information content (AvgIpc) is 2.05. The van der Waals surface area contributed by atoms with Gasteiger partial charge in [0.15, 0.2) is 0 Å². The largest absolute Gasteiger partial charge is 0.508 e. The fourth-order valence-corrected chi connectivity index (χ4v) is 1.46. The molecule has 1 N–H and O–H groups in total. The van der Waals surface area contributed by atoms with Gasteiger partial charge in [-0.1, -0.05) is 0 Å². The van der Waals surface area contributed by atoms with Crippen LogP contribution in [0.3, 0.4) is 0 Å². The van der Waals surface area contributed by atoms with E-state index < -0.39 is 0 Å². The second-order valence-corrected chi connectivity index (χ2v) is 5.34. The van der Waals surface area contributed by atoms with Crippen LogP contribution in [-0.2, 0) is 11.3 Å². The average molecular weight is 306 g/mol. The molecule has 0 aromatic heterocycles. The normalized spacial score (nSPS) is 11.7. The summed E-state index contributed by atoms with van der Waals surface area (Å²) in [6.45, 7) is 6.59. The molecule has 1 aromatic rings. The van der Waals surface area contributed by atoms with Crippen LogP contribution in [0.4, 0.5) is 0 Å². The van der Waals surface area contributed by atoms with E-state index in [-0.39, 0.29) is 11.4 Å². The number of hydrogen-bond donors (Lipinski definition) is 1. The summed E-state index contributed by atoms with van der Waals surface area (Å²) in [7, 11) is 0. The second-order valence-electron chi connectivity index (χ2n) is 4.18. The lowest BCUT2D eigenvalue weighted by Gasteiger charge is -2.20. The fraction of sp³-hybridized carbons (Fsp3) is 0.455. The van der Waals surface area contributed by atoms with Gasteiger partial charge >= 0.3 is 0 Å². The van der Waals surface area contributed by atoms with Crippen LogP contribution in [0, 0.1) is 3.57 Å². The van der Waals surface area contributed by atoms with Crippen molar-refractivity contribution in [2.24, 2.45) is 0 Å². The molecule has 0 amide bonds. The van der Waals surface area contributed by atoms with Gasteiger partial charge in [0.25, 0.3) is 0 Å². The highest BCUT2D eigenvalue weighted by molar-refractivity contribution is 14.1. The Kier molecular flexibility index (Phi) is 3.78. The lowest BCUT2D eigenvalue weighted by molar-refractivity contribution is -0.0153. The highest BCUT2D eigenvalue weighted by Crippen LogP contribution is 2.21. The van der Waals surface area contributed by atoms with Crippen LogP contribution >= 0.6 is 22.6 Å². The van der Waals surface area contributed by atoms with Crippen molar-refractivity contribution in [1.29, 1.82) is 0 Å². The van der Waals surface area contributed by atoms with Gasteiger partial charge in [-0.3, -0.25) is 0 Å². The van der Waals surface area contributed by atoms with Crippen molar-refractivity contribution in [2.45, 2.75) is 33.0 Å². The van der Waals surface area contributed by atoms with E-state index in [1.807, 2.05) is 26.8 Å². The maximum absolute atomic E-state index is 9.31. The number of phenolic OH excluding ortho intramolecular Hbond substituents is 1. The molecule has 0 aliphatic rings. The Morgan fingerprint density at radius 1 is 1.36 bits per heavy atom. The molecule has 0 unspecified atom stereocenters. The van der Waals surface area contributed by atoms with Crippen molar-refractivity contribution in [3.8, 4) is 5.75 Å². The molecule has 0 heterocycles. The minimum Gasteiger partial charge on any atom is -0.508 e. The molecule has 2 nitrogen and oxygen atoms in total. The zero-order valence-electron chi connectivity index (χ0n) is 8.67. The Hall–Kier alpha value is -0.290. The third kappa shape index (κ3) is 3.84. The van der Waals surface area contributed by atoms with Crippen LogP contribution < -0.4 is 0 Å². The Morgan fingerprint density at radius 3 is 2.57 bits per heavy atom. The van der Waals surface area contributed by atoms with E-state index in [0.29, 0.717) is 6.61 Å². The van der Waals surface area contributed by atoms with E-state index >= 15 is 0 Å². The minimum atomic E-state index is -0.144. The van der Waals surface area contributed by atoms with Crippen molar-refractivity contribution in [3.05, 3.63) is 27.3 Å². The standard InChI is InChI=1S/C11H15IO2/c1-11(2,3)14-7-8-6-9(13)4-5-10(8)12/h4-6,13H,7H2,1-3H3. The van der Waals surface area contributed by atoms with E-state index in [1.54, 1.807) is 12.1 Å². The maximum Gasteiger partial charge on any atom is 0.116 e. The SMILES string of the molecule is CC(C)(C)OCc1cc(O)ccc1I. The molecule has 0 fully saturated rings. The first-order valence-corrected chi connectivity index (χ1v) is 5.58. The van der Waals surface area contributed by atoms with Crippen molar-refractivity contribution >= 4 is 22.6 Å². The predicted molar refractivity (Wildman–Crippen MR) is 65.4 cm³/mol. The van der Waals surface area contributed by atoms with E-state index in [1.165, 1.54) is 0 Å². The molecule has 3 heteroatoms. The molecule has 78 valence electrons. The summed E-state index contributed by atoms with van der Waals surface area (Å²) in [5.74, 6) is 0.290. The summed E-state index contributed by atoms with van der Waals surface area (Å²) in [5, 5.41) is 9.31. The van der Waals surface area contributed by atoms with Gasteiger partial charge in [-0.2, -0.15) is 0 Å². The van der Waals surface area contributed by atoms with Crippen LogP contribution in [0.25, 0.3) is 0 Å². The van der Waals surface area contributed by atoms with Crippen molar-refractivity contribution in [3.63, 3.8) is 0 Å². The van der Waals surface area contributed by atoms with Crippen LogP contribution in [0.5, 0.6) is 5.75 Å². The fourth-order valence-electron chi connectivity index (χ4n) is 0.966. The number of benzene rings is 1. The summed E-state index contributed by atoms with van der Waals surface area (Å²) in [6.07, 6.45) is 0. The van der Waals surface area contributed by atoms with Gasteiger partial charge in [0.2, 0.25) is 0 Å². The molecule has 0 saturated heterocycles. The van der Waals surface area contributed by atoms with Crippen LogP contribution in [0.15, 0.2) is 18.2 Å². The van der Waals surface area contributed by atoms with Crippen LogP contribution in [0.1, 0.15) is 26.3 Å². The van der Waals surface area contributed by atoms with Crippen molar-refractivity contribution in [2.75, 3.05) is 0 Å². The van der Waals surface area contributed by atoms with E-state index in [4.69, 9.17) is 4.74 Å². The molecule has 0 radical (unpaired) electrons. The number of rotatable bonds is 2. The molecule has 0 aliphatic heterocycles. The zero-order valence-corrected chi connectivity index (χ0v) is 10.8. The summed E-state index contributed by atoms with van der Waals surface area (Å²) in [6, 6.07) is 5.31. The summed E-state index contributed by atoms with van der Waals surface area (Å²) in [5.41, 5.74) is 0.884. The third-order valence-corrected chi connectivity index (χ3v) is 2.74. The molecule has 0 atom stereocenters. The molecule has 0 bridgehead atoms. The summed E-state index contributed by atoms with van der Waals surface area (Å²) in [4.78, 5) is 0. The van der Waals surface area contributed by atoms with Gasteiger partial charge in [-0.15, -0.1) is 0 Å². The number of ether oxygens (including phenoxy) is 1. The molecule has 0 saturated carbocycles. The predicted octanol–water partition coefficient (Wildman–Crippen LogP) is 3.31. The molecule has 1 aromatic carbocycles. The summed E-state index contributed by atoms with van der Waals surface area (Å²) < 4.78 is 6.75. The van der Waals surface area contributed by atoms with E-state index in [2.05, 4.69) is 22.6 Å². The van der Waals surface area contributed by atoms with Gasteiger partial charge in [0.1, 0.15) is 5.75 Å². The molecule has 1 rings (SSSR count). The summed E-state index contributed by atoms with van der Waals surface area (Å²) >= 11 is 2.24. The zero-order chi connectivity index (χ0) is 10.8. The monoisotopic (exact) mass is 306 g/mol. The van der Waals surface area contributed by atoms with Crippen molar-refractivity contribution in [1.82, 2.24) is 0 Å². The van der Waals surface area contributed by atoms with Gasteiger partial charge in [0.05, 0.1) is 12.2 Å². The van der Waals surface area contributed by atoms with Gasteiger partial charge < -0.3 is 9.84 Å². The van der Waals surface area contributed by atoms with Crippen LogP contribution in [-0.4, -0.2) is 10.7 Å². The minimum absolute atomic E-state index is 0.144. The first-order chi connectivity index (χ1) is 6.38. The van der Waals surface area contributed by atoms with Crippen LogP contribution in [0.2, 0.25) is 0 Å². The Labute approximate surface area is 98.4 Å². The lowest BCUT2D eigenvalue weighted by Crippen LogP contribution is -2.18. The highest BCUT2D eigenvalue weighted by atomic mass is 127. The number of phenols is 1. The first kappa shape index (κ1) is 11.8. The quantitative estimate of drug-likeness (QED) is 0.850. The highest BCUT2D eigenvalue weighted by Gasteiger charge is 2.11. The van der Waals surface area contributed by atoms with Gasteiger partial charge in [0, 0.05) is 3.57 Å².